The molecule has 4 nitrogen and oxygen atoms in total. The maximum absolute atomic E-state index is 13.6. The lowest BCUT2D eigenvalue weighted by molar-refractivity contribution is 0.121. The van der Waals surface area contributed by atoms with Gasteiger partial charge in [-0.25, -0.2) is 22.8 Å². The predicted molar refractivity (Wildman–Crippen MR) is 86.4 cm³/mol. The number of benzene rings is 2. The van der Waals surface area contributed by atoms with Gasteiger partial charge in [-0.1, -0.05) is 35.3 Å². The maximum atomic E-state index is 13.6. The molecule has 0 unspecified atom stereocenters. The molecule has 3 rings (SSSR count). The standard InChI is InChI=1S/C14H6Cl2F5N3OS/c15-6-3-1-5(2-4-6)13-14(16)22-24(23-26-13)25-12-10(20)8(18)7(17)9(19)11(12)21/h1-4,22-23H. The van der Waals surface area contributed by atoms with Gasteiger partial charge in [0.05, 0.1) is 4.88 Å². The summed E-state index contributed by atoms with van der Waals surface area (Å²) >= 11 is 12.7. The average molecular weight is 430 g/mol. The van der Waals surface area contributed by atoms with Crippen LogP contribution in [0.2, 0.25) is 10.2 Å². The minimum absolute atomic E-state index is 0.0278. The van der Waals surface area contributed by atoms with E-state index in [4.69, 9.17) is 23.2 Å². The zero-order chi connectivity index (χ0) is 19.0. The molecule has 0 radical (unpaired) electrons. The van der Waals surface area contributed by atoms with Gasteiger partial charge in [0, 0.05) is 5.02 Å². The number of aromatic amines is 2. The van der Waals surface area contributed by atoms with Crippen LogP contribution < -0.4 is 4.84 Å². The van der Waals surface area contributed by atoms with Crippen LogP contribution in [0.15, 0.2) is 24.3 Å². The molecule has 2 N–H and O–H groups in total. The number of halogens is 7. The van der Waals surface area contributed by atoms with Crippen molar-refractivity contribution in [3.8, 4) is 16.2 Å². The van der Waals surface area contributed by atoms with Crippen molar-refractivity contribution in [2.45, 2.75) is 0 Å². The SMILES string of the molecule is Fc1c(F)c(F)c(On2[nH]sc(-c3ccc(Cl)cc3)c(Cl)[nH]2)c(F)c1F. The van der Waals surface area contributed by atoms with Crippen molar-refractivity contribution < 1.29 is 26.8 Å². The van der Waals surface area contributed by atoms with E-state index in [2.05, 4.69) is 14.4 Å². The highest BCUT2D eigenvalue weighted by molar-refractivity contribution is 7.09. The van der Waals surface area contributed by atoms with Crippen molar-refractivity contribution >= 4 is 34.7 Å². The van der Waals surface area contributed by atoms with Crippen LogP contribution in [0.5, 0.6) is 5.75 Å². The fraction of sp³-hybridized carbons (Fsp3) is 0. The van der Waals surface area contributed by atoms with Crippen LogP contribution in [-0.2, 0) is 0 Å². The molecule has 0 aliphatic carbocycles. The summed E-state index contributed by atoms with van der Waals surface area (Å²) in [5.74, 6) is -12.3. The smallest absolute Gasteiger partial charge is 0.237 e. The molecule has 1 aromatic heterocycles. The van der Waals surface area contributed by atoms with Gasteiger partial charge >= 0.3 is 0 Å². The van der Waals surface area contributed by atoms with E-state index in [9.17, 15) is 22.0 Å². The Hall–Kier alpha value is -2.17. The van der Waals surface area contributed by atoms with Crippen LogP contribution in [0, 0.1) is 29.1 Å². The van der Waals surface area contributed by atoms with Crippen molar-refractivity contribution in [1.82, 2.24) is 14.5 Å². The van der Waals surface area contributed by atoms with E-state index >= 15 is 0 Å². The van der Waals surface area contributed by atoms with E-state index in [-0.39, 0.29) is 5.15 Å². The number of aromatic nitrogens is 3. The third kappa shape index (κ3) is 3.39. The Kier molecular flexibility index (Phi) is 5.17. The van der Waals surface area contributed by atoms with Crippen molar-refractivity contribution in [2.24, 2.45) is 0 Å². The molecule has 0 atom stereocenters. The van der Waals surface area contributed by atoms with E-state index < -0.39 is 34.8 Å². The second-order valence-corrected chi connectivity index (χ2v) is 6.35. The number of nitrogens with one attached hydrogen (secondary N) is 2. The van der Waals surface area contributed by atoms with Crippen molar-refractivity contribution in [3.63, 3.8) is 0 Å². The van der Waals surface area contributed by atoms with Crippen LogP contribution in [0.4, 0.5) is 22.0 Å². The molecule has 2 aromatic carbocycles. The van der Waals surface area contributed by atoms with Crippen LogP contribution in [0.3, 0.4) is 0 Å². The first-order chi connectivity index (χ1) is 12.3. The van der Waals surface area contributed by atoms with E-state index in [1.807, 2.05) is 0 Å². The summed E-state index contributed by atoms with van der Waals surface area (Å²) < 4.78 is 69.2. The highest BCUT2D eigenvalue weighted by Gasteiger charge is 2.28. The van der Waals surface area contributed by atoms with Gasteiger partial charge in [-0.2, -0.15) is 8.78 Å². The summed E-state index contributed by atoms with van der Waals surface area (Å²) in [7, 11) is 0. The van der Waals surface area contributed by atoms with E-state index in [1.54, 1.807) is 24.3 Å². The molecular formula is C14H6Cl2F5N3OS. The summed E-state index contributed by atoms with van der Waals surface area (Å²) in [4.78, 5) is 5.62. The normalized spacial score (nSPS) is 10.9. The van der Waals surface area contributed by atoms with E-state index in [1.165, 1.54) is 0 Å². The predicted octanol–water partition coefficient (Wildman–Crippen LogP) is 5.84. The van der Waals surface area contributed by atoms with Crippen LogP contribution in [0.1, 0.15) is 0 Å². The average Bonchev–Trinajstić information content (AvgIpc) is 2.63. The second kappa shape index (κ2) is 7.22. The molecule has 0 fully saturated rings. The van der Waals surface area contributed by atoms with Gasteiger partial charge in [-0.15, -0.1) is 0 Å². The number of hydrogen-bond acceptors (Lipinski definition) is 2. The summed E-state index contributed by atoms with van der Waals surface area (Å²) in [6.45, 7) is 0. The first kappa shape index (κ1) is 18.6. The Morgan fingerprint density at radius 2 is 1.38 bits per heavy atom. The second-order valence-electron chi connectivity index (χ2n) is 4.74. The topological polar surface area (TPSA) is 45.7 Å². The summed E-state index contributed by atoms with van der Waals surface area (Å²) in [6, 6.07) is 6.56. The molecule has 0 bridgehead atoms. The van der Waals surface area contributed by atoms with Gasteiger partial charge in [0.25, 0.3) is 0 Å². The van der Waals surface area contributed by atoms with E-state index in [0.717, 1.165) is 11.5 Å². The minimum atomic E-state index is -2.29. The van der Waals surface area contributed by atoms with Crippen LogP contribution in [0.25, 0.3) is 10.4 Å². The van der Waals surface area contributed by atoms with Crippen LogP contribution in [-0.4, -0.2) is 14.5 Å². The zero-order valence-electron chi connectivity index (χ0n) is 12.2. The quantitative estimate of drug-likeness (QED) is 0.306. The van der Waals surface area contributed by atoms with Gasteiger partial charge in [-0.05, 0) is 34.2 Å². The van der Waals surface area contributed by atoms with Crippen molar-refractivity contribution in [1.29, 1.82) is 0 Å². The Balaban J connectivity index is 1.98. The molecule has 0 saturated carbocycles. The molecule has 1 heterocycles. The van der Waals surface area contributed by atoms with Crippen molar-refractivity contribution in [2.75, 3.05) is 0 Å². The number of H-pyrrole nitrogens is 2. The Labute approximate surface area is 156 Å². The first-order valence-electron chi connectivity index (χ1n) is 6.64. The molecule has 0 aliphatic rings. The van der Waals surface area contributed by atoms with Gasteiger partial charge in [0.15, 0.2) is 0 Å². The largest absolute Gasteiger partial charge is 0.337 e. The highest BCUT2D eigenvalue weighted by Crippen LogP contribution is 2.31. The Morgan fingerprint density at radius 3 is 1.92 bits per heavy atom. The van der Waals surface area contributed by atoms with Gasteiger partial charge in [0.2, 0.25) is 34.8 Å². The van der Waals surface area contributed by atoms with Gasteiger partial charge < -0.3 is 4.84 Å². The zero-order valence-corrected chi connectivity index (χ0v) is 14.5. The number of nitrogens with zero attached hydrogens (tertiary/aromatic N) is 1. The molecule has 26 heavy (non-hydrogen) atoms. The minimum Gasteiger partial charge on any atom is -0.337 e. The van der Waals surface area contributed by atoms with Crippen molar-refractivity contribution in [3.05, 3.63) is 63.5 Å². The Morgan fingerprint density at radius 1 is 0.846 bits per heavy atom. The molecule has 0 aliphatic heterocycles. The summed E-state index contributed by atoms with van der Waals surface area (Å²) in [5.41, 5.74) is 0.653. The summed E-state index contributed by atoms with van der Waals surface area (Å²) in [5, 5.41) is 2.83. The third-order valence-electron chi connectivity index (χ3n) is 3.09. The molecule has 3 aromatic rings. The molecule has 0 spiro atoms. The van der Waals surface area contributed by atoms with Crippen LogP contribution >= 0.6 is 34.7 Å². The Bertz CT molecular complexity index is 978. The first-order valence-corrected chi connectivity index (χ1v) is 8.21. The molecule has 12 heteroatoms. The third-order valence-corrected chi connectivity index (χ3v) is 4.63. The number of rotatable bonds is 3. The van der Waals surface area contributed by atoms with E-state index in [0.29, 0.717) is 20.4 Å². The molecule has 0 saturated heterocycles. The lowest BCUT2D eigenvalue weighted by Gasteiger charge is -2.13. The molecular weight excluding hydrogens is 424 g/mol. The fourth-order valence-corrected chi connectivity index (χ4v) is 2.95. The van der Waals surface area contributed by atoms with Gasteiger partial charge in [0.1, 0.15) is 5.15 Å². The summed E-state index contributed by atoms with van der Waals surface area (Å²) in [6.07, 6.45) is 0. The highest BCUT2D eigenvalue weighted by atomic mass is 35.5. The fourth-order valence-electron chi connectivity index (χ4n) is 1.88. The lowest BCUT2D eigenvalue weighted by atomic mass is 10.2. The molecule has 138 valence electrons. The maximum Gasteiger partial charge on any atom is 0.237 e. The van der Waals surface area contributed by atoms with Gasteiger partial charge in [-0.3, -0.25) is 0 Å². The lowest BCUT2D eigenvalue weighted by Crippen LogP contribution is -2.16. The molecule has 0 amide bonds. The monoisotopic (exact) mass is 429 g/mol. The number of hydrogen-bond donors (Lipinski definition) is 2.